The smallest absolute Gasteiger partial charge is 0.0728 e. The van der Waals surface area contributed by atoms with E-state index in [0.29, 0.717) is 12.1 Å². The number of rotatable bonds is 4. The lowest BCUT2D eigenvalue weighted by atomic mass is 9.91. The highest BCUT2D eigenvalue weighted by atomic mass is 16.5. The first-order valence-corrected chi connectivity index (χ1v) is 7.75. The Morgan fingerprint density at radius 2 is 2.21 bits per heavy atom. The maximum absolute atomic E-state index is 6.00. The summed E-state index contributed by atoms with van der Waals surface area (Å²) in [5, 5.41) is 7.95. The standard InChI is InChI=1S/C15H25N3O/c1-2-18-11-14(10-16-18)17-13-7-8-19-15(9-13)12-5-3-4-6-12/h10-13,15,17H,2-9H2,1H3. The molecule has 106 valence electrons. The Balaban J connectivity index is 1.55. The van der Waals surface area contributed by atoms with E-state index in [1.807, 2.05) is 10.9 Å². The summed E-state index contributed by atoms with van der Waals surface area (Å²) in [6.45, 7) is 3.95. The molecule has 19 heavy (non-hydrogen) atoms. The Bertz CT molecular complexity index is 398. The van der Waals surface area contributed by atoms with Crippen molar-refractivity contribution in [2.45, 2.75) is 64.1 Å². The summed E-state index contributed by atoms with van der Waals surface area (Å²) in [6.07, 6.45) is 12.3. The topological polar surface area (TPSA) is 39.1 Å². The van der Waals surface area contributed by atoms with Crippen molar-refractivity contribution in [3.8, 4) is 0 Å². The van der Waals surface area contributed by atoms with Crippen LogP contribution in [0.1, 0.15) is 45.4 Å². The number of anilines is 1. The van der Waals surface area contributed by atoms with Gasteiger partial charge in [0.15, 0.2) is 0 Å². The summed E-state index contributed by atoms with van der Waals surface area (Å²) in [7, 11) is 0. The van der Waals surface area contributed by atoms with E-state index in [1.54, 1.807) is 0 Å². The van der Waals surface area contributed by atoms with Crippen LogP contribution in [-0.2, 0) is 11.3 Å². The minimum Gasteiger partial charge on any atom is -0.380 e. The van der Waals surface area contributed by atoms with Crippen LogP contribution in [0.2, 0.25) is 0 Å². The molecule has 2 aliphatic rings. The molecule has 1 N–H and O–H groups in total. The average molecular weight is 263 g/mol. The largest absolute Gasteiger partial charge is 0.380 e. The molecule has 3 rings (SSSR count). The summed E-state index contributed by atoms with van der Waals surface area (Å²) < 4.78 is 7.96. The van der Waals surface area contributed by atoms with Gasteiger partial charge in [-0.2, -0.15) is 5.10 Å². The van der Waals surface area contributed by atoms with E-state index < -0.39 is 0 Å². The van der Waals surface area contributed by atoms with Crippen LogP contribution in [0.25, 0.3) is 0 Å². The van der Waals surface area contributed by atoms with Gasteiger partial charge < -0.3 is 10.1 Å². The lowest BCUT2D eigenvalue weighted by Gasteiger charge is -2.33. The monoisotopic (exact) mass is 263 g/mol. The van der Waals surface area contributed by atoms with E-state index in [2.05, 4.69) is 23.5 Å². The molecule has 1 saturated carbocycles. The normalized spacial score (nSPS) is 28.7. The van der Waals surface area contributed by atoms with Gasteiger partial charge in [0.1, 0.15) is 0 Å². The first-order chi connectivity index (χ1) is 9.35. The van der Waals surface area contributed by atoms with Gasteiger partial charge in [-0.3, -0.25) is 4.68 Å². The van der Waals surface area contributed by atoms with E-state index in [-0.39, 0.29) is 0 Å². The molecule has 0 amide bonds. The van der Waals surface area contributed by atoms with Gasteiger partial charge in [-0.05, 0) is 38.5 Å². The molecule has 2 unspecified atom stereocenters. The molecule has 1 aliphatic heterocycles. The van der Waals surface area contributed by atoms with Crippen LogP contribution in [-0.4, -0.2) is 28.5 Å². The number of hydrogen-bond acceptors (Lipinski definition) is 3. The lowest BCUT2D eigenvalue weighted by molar-refractivity contribution is -0.0234. The van der Waals surface area contributed by atoms with Crippen LogP contribution in [0, 0.1) is 5.92 Å². The van der Waals surface area contributed by atoms with Crippen molar-refractivity contribution in [3.05, 3.63) is 12.4 Å². The molecule has 4 nitrogen and oxygen atoms in total. The van der Waals surface area contributed by atoms with Crippen LogP contribution in [0.5, 0.6) is 0 Å². The molecular formula is C15H25N3O. The zero-order valence-corrected chi connectivity index (χ0v) is 11.8. The highest BCUT2D eigenvalue weighted by Crippen LogP contribution is 2.33. The Labute approximate surface area is 115 Å². The van der Waals surface area contributed by atoms with Crippen LogP contribution in [0.4, 0.5) is 5.69 Å². The molecule has 0 radical (unpaired) electrons. The Morgan fingerprint density at radius 1 is 1.37 bits per heavy atom. The molecule has 2 fully saturated rings. The molecule has 0 bridgehead atoms. The minimum absolute atomic E-state index is 0.481. The van der Waals surface area contributed by atoms with Crippen LogP contribution in [0.15, 0.2) is 12.4 Å². The third-order valence-corrected chi connectivity index (χ3v) is 4.57. The highest BCUT2D eigenvalue weighted by Gasteiger charge is 2.31. The molecule has 4 heteroatoms. The number of nitrogens with zero attached hydrogens (tertiary/aromatic N) is 2. The van der Waals surface area contributed by atoms with Crippen LogP contribution in [0.3, 0.4) is 0 Å². The van der Waals surface area contributed by atoms with Gasteiger partial charge >= 0.3 is 0 Å². The van der Waals surface area contributed by atoms with Crippen molar-refractivity contribution in [1.29, 1.82) is 0 Å². The van der Waals surface area contributed by atoms with Crippen LogP contribution < -0.4 is 5.32 Å². The molecule has 1 aliphatic carbocycles. The lowest BCUT2D eigenvalue weighted by Crippen LogP contribution is -2.37. The molecule has 0 aromatic carbocycles. The van der Waals surface area contributed by atoms with Crippen LogP contribution >= 0.6 is 0 Å². The third kappa shape index (κ3) is 3.11. The summed E-state index contributed by atoms with van der Waals surface area (Å²) in [4.78, 5) is 0. The van der Waals surface area contributed by atoms with Crippen molar-refractivity contribution in [3.63, 3.8) is 0 Å². The zero-order valence-electron chi connectivity index (χ0n) is 11.8. The predicted octanol–water partition coefficient (Wildman–Crippen LogP) is 3.05. The summed E-state index contributed by atoms with van der Waals surface area (Å²) in [5.74, 6) is 0.808. The zero-order chi connectivity index (χ0) is 13.1. The Hall–Kier alpha value is -1.03. The number of nitrogens with one attached hydrogen (secondary N) is 1. The summed E-state index contributed by atoms with van der Waals surface area (Å²) in [6, 6.07) is 0.550. The van der Waals surface area contributed by atoms with Crippen molar-refractivity contribution in [2.75, 3.05) is 11.9 Å². The van der Waals surface area contributed by atoms with Gasteiger partial charge in [-0.15, -0.1) is 0 Å². The maximum atomic E-state index is 6.00. The van der Waals surface area contributed by atoms with Crippen molar-refractivity contribution in [1.82, 2.24) is 9.78 Å². The molecule has 2 atom stereocenters. The first kappa shape index (κ1) is 13.0. The second kappa shape index (κ2) is 5.95. The fourth-order valence-corrected chi connectivity index (χ4v) is 3.46. The molecule has 1 aromatic heterocycles. The van der Waals surface area contributed by atoms with Gasteiger partial charge in [0, 0.05) is 25.4 Å². The predicted molar refractivity (Wildman–Crippen MR) is 76.2 cm³/mol. The summed E-state index contributed by atoms with van der Waals surface area (Å²) >= 11 is 0. The fourth-order valence-electron chi connectivity index (χ4n) is 3.46. The molecule has 0 spiro atoms. The molecule has 2 heterocycles. The first-order valence-electron chi connectivity index (χ1n) is 7.75. The molecule has 1 aromatic rings. The number of aromatic nitrogens is 2. The number of ether oxygens (including phenoxy) is 1. The van der Waals surface area contributed by atoms with Crippen molar-refractivity contribution in [2.24, 2.45) is 5.92 Å². The van der Waals surface area contributed by atoms with E-state index in [9.17, 15) is 0 Å². The maximum Gasteiger partial charge on any atom is 0.0728 e. The van der Waals surface area contributed by atoms with Crippen molar-refractivity contribution < 1.29 is 4.74 Å². The Kier molecular flexibility index (Phi) is 4.06. The van der Waals surface area contributed by atoms with Gasteiger partial charge in [-0.1, -0.05) is 12.8 Å². The average Bonchev–Trinajstić information content (AvgIpc) is 3.10. The van der Waals surface area contributed by atoms with Gasteiger partial charge in [0.2, 0.25) is 0 Å². The molecule has 1 saturated heterocycles. The number of aryl methyl sites for hydroxylation is 1. The highest BCUT2D eigenvalue weighted by molar-refractivity contribution is 5.39. The van der Waals surface area contributed by atoms with Gasteiger partial charge in [-0.25, -0.2) is 0 Å². The Morgan fingerprint density at radius 3 is 2.95 bits per heavy atom. The van der Waals surface area contributed by atoms with E-state index >= 15 is 0 Å². The van der Waals surface area contributed by atoms with Gasteiger partial charge in [0.05, 0.1) is 18.0 Å². The SMILES string of the molecule is CCn1cc(NC2CCOC(C3CCCC3)C2)cn1. The van der Waals surface area contributed by atoms with E-state index in [0.717, 1.165) is 37.6 Å². The minimum atomic E-state index is 0.481. The fraction of sp³-hybridized carbons (Fsp3) is 0.800. The number of hydrogen-bond donors (Lipinski definition) is 1. The van der Waals surface area contributed by atoms with E-state index in [4.69, 9.17) is 4.74 Å². The van der Waals surface area contributed by atoms with Gasteiger partial charge in [0.25, 0.3) is 0 Å². The third-order valence-electron chi connectivity index (χ3n) is 4.57. The quantitative estimate of drug-likeness (QED) is 0.907. The summed E-state index contributed by atoms with van der Waals surface area (Å²) in [5.41, 5.74) is 1.15. The second-order valence-corrected chi connectivity index (χ2v) is 5.90. The van der Waals surface area contributed by atoms with E-state index in [1.165, 1.54) is 25.7 Å². The molecular weight excluding hydrogens is 238 g/mol. The van der Waals surface area contributed by atoms with Crippen molar-refractivity contribution >= 4 is 5.69 Å². The second-order valence-electron chi connectivity index (χ2n) is 5.90.